The largest absolute Gasteiger partial charge is 0.493 e. The lowest BCUT2D eigenvalue weighted by Gasteiger charge is -2.38. The van der Waals surface area contributed by atoms with Crippen LogP contribution in [-0.4, -0.2) is 39.0 Å². The summed E-state index contributed by atoms with van der Waals surface area (Å²) < 4.78 is 44.0. The zero-order valence-electron chi connectivity index (χ0n) is 17.6. The van der Waals surface area contributed by atoms with Crippen molar-refractivity contribution in [2.45, 2.75) is 31.2 Å². The summed E-state index contributed by atoms with van der Waals surface area (Å²) in [5.41, 5.74) is -0.672. The van der Waals surface area contributed by atoms with Crippen molar-refractivity contribution in [1.82, 2.24) is 14.9 Å². The Kier molecular flexibility index (Phi) is 6.33. The second-order valence-electron chi connectivity index (χ2n) is 7.96. The highest BCUT2D eigenvalue weighted by molar-refractivity contribution is 5.79. The van der Waals surface area contributed by atoms with Gasteiger partial charge in [-0.3, -0.25) is 14.8 Å². The van der Waals surface area contributed by atoms with E-state index in [1.165, 1.54) is 17.2 Å². The number of nitrogens with zero attached hydrogens (tertiary/aromatic N) is 3. The molecule has 1 amide bonds. The van der Waals surface area contributed by atoms with Crippen molar-refractivity contribution in [3.05, 3.63) is 89.5 Å². The van der Waals surface area contributed by atoms with Crippen molar-refractivity contribution >= 4 is 5.91 Å². The molecule has 2 aromatic heterocycles. The molecule has 0 fully saturated rings. The van der Waals surface area contributed by atoms with Crippen LogP contribution in [0.15, 0.2) is 67.1 Å². The van der Waals surface area contributed by atoms with E-state index in [1.807, 2.05) is 30.3 Å². The summed E-state index contributed by atoms with van der Waals surface area (Å²) in [6.07, 6.45) is -0.273. The van der Waals surface area contributed by atoms with Crippen LogP contribution >= 0.6 is 0 Å². The molecule has 1 aromatic carbocycles. The number of rotatable bonds is 6. The van der Waals surface area contributed by atoms with E-state index in [2.05, 4.69) is 9.97 Å². The van der Waals surface area contributed by atoms with Gasteiger partial charge in [0.15, 0.2) is 0 Å². The van der Waals surface area contributed by atoms with Crippen LogP contribution in [0.25, 0.3) is 0 Å². The molecule has 0 radical (unpaired) electrons. The van der Waals surface area contributed by atoms with Crippen LogP contribution in [0.2, 0.25) is 0 Å². The first kappa shape index (κ1) is 22.7. The molecule has 1 N–H and O–H groups in total. The van der Waals surface area contributed by atoms with Gasteiger partial charge in [-0.1, -0.05) is 36.4 Å². The van der Waals surface area contributed by atoms with Crippen LogP contribution < -0.4 is 4.74 Å². The first-order chi connectivity index (χ1) is 15.7. The molecular weight excluding hydrogens is 435 g/mol. The maximum atomic E-state index is 13.2. The molecule has 4 rings (SSSR count). The minimum atomic E-state index is -4.55. The molecule has 1 aliphatic rings. The molecule has 3 heterocycles. The summed E-state index contributed by atoms with van der Waals surface area (Å²) in [7, 11) is 0. The van der Waals surface area contributed by atoms with Gasteiger partial charge >= 0.3 is 6.18 Å². The molecular formula is C24H22F3N3O3. The Labute approximate surface area is 188 Å². The van der Waals surface area contributed by atoms with Crippen molar-refractivity contribution in [3.63, 3.8) is 0 Å². The molecule has 172 valence electrons. The van der Waals surface area contributed by atoms with Gasteiger partial charge in [-0.05, 0) is 23.3 Å². The van der Waals surface area contributed by atoms with Gasteiger partial charge in [-0.2, -0.15) is 13.2 Å². The zero-order chi connectivity index (χ0) is 23.5. The van der Waals surface area contributed by atoms with Crippen molar-refractivity contribution < 1.29 is 27.8 Å². The smallest absolute Gasteiger partial charge is 0.433 e. The molecule has 6 nitrogen and oxygen atoms in total. The molecule has 1 aliphatic heterocycles. The number of carbonyl (C=O) groups is 1. The van der Waals surface area contributed by atoms with Gasteiger partial charge in [0.25, 0.3) is 0 Å². The second kappa shape index (κ2) is 9.19. The highest BCUT2D eigenvalue weighted by atomic mass is 19.4. The summed E-state index contributed by atoms with van der Waals surface area (Å²) in [4.78, 5) is 22.3. The van der Waals surface area contributed by atoms with E-state index in [1.54, 1.807) is 12.3 Å². The zero-order valence-corrected chi connectivity index (χ0v) is 17.6. The van der Waals surface area contributed by atoms with Gasteiger partial charge in [0.2, 0.25) is 5.91 Å². The third-order valence-electron chi connectivity index (χ3n) is 5.55. The summed E-state index contributed by atoms with van der Waals surface area (Å²) in [5.74, 6) is 0.170. The molecule has 0 spiro atoms. The highest BCUT2D eigenvalue weighted by Gasteiger charge is 2.39. The Bertz CT molecular complexity index is 1110. The fraction of sp³-hybridized carbons (Fsp3) is 0.292. The summed E-state index contributed by atoms with van der Waals surface area (Å²) in [6, 6.07) is 13.1. The molecule has 0 saturated carbocycles. The quantitative estimate of drug-likeness (QED) is 0.611. The van der Waals surface area contributed by atoms with E-state index in [-0.39, 0.29) is 38.4 Å². The Morgan fingerprint density at radius 3 is 2.58 bits per heavy atom. The number of pyridine rings is 2. The molecule has 33 heavy (non-hydrogen) atoms. The standard InChI is InChI=1S/C24H22F3N3O3/c25-24(26,27)21-7-6-18(13-29-21)12-22(31)30(15-17-4-2-1-3-5-17)16-23(32)9-11-33-20-8-10-28-14-19(20)23/h1-8,10,13-14,32H,9,11-12,15-16H2. The van der Waals surface area contributed by atoms with Gasteiger partial charge in [0, 0.05) is 37.1 Å². The summed E-state index contributed by atoms with van der Waals surface area (Å²) in [5, 5.41) is 11.5. The monoisotopic (exact) mass is 457 g/mol. The lowest BCUT2D eigenvalue weighted by molar-refractivity contribution is -0.141. The number of amides is 1. The first-order valence-electron chi connectivity index (χ1n) is 10.4. The minimum Gasteiger partial charge on any atom is -0.493 e. The van der Waals surface area contributed by atoms with E-state index >= 15 is 0 Å². The first-order valence-corrected chi connectivity index (χ1v) is 10.4. The molecule has 3 aromatic rings. The van der Waals surface area contributed by atoms with Crippen LogP contribution in [0.3, 0.4) is 0 Å². The number of carbonyl (C=O) groups excluding carboxylic acids is 1. The second-order valence-corrected chi connectivity index (χ2v) is 7.96. The van der Waals surface area contributed by atoms with Gasteiger partial charge < -0.3 is 14.7 Å². The van der Waals surface area contributed by atoms with E-state index in [9.17, 15) is 23.1 Å². The number of alkyl halides is 3. The molecule has 0 aliphatic carbocycles. The third kappa shape index (κ3) is 5.31. The number of hydrogen-bond donors (Lipinski definition) is 1. The molecule has 1 unspecified atom stereocenters. The number of ether oxygens (including phenoxy) is 1. The predicted molar refractivity (Wildman–Crippen MR) is 113 cm³/mol. The van der Waals surface area contributed by atoms with Crippen molar-refractivity contribution in [2.24, 2.45) is 0 Å². The third-order valence-corrected chi connectivity index (χ3v) is 5.55. The summed E-state index contributed by atoms with van der Waals surface area (Å²) in [6.45, 7) is 0.493. The van der Waals surface area contributed by atoms with Crippen LogP contribution in [0.5, 0.6) is 5.75 Å². The van der Waals surface area contributed by atoms with Crippen molar-refractivity contribution in [3.8, 4) is 5.75 Å². The highest BCUT2D eigenvalue weighted by Crippen LogP contribution is 2.37. The van der Waals surface area contributed by atoms with E-state index < -0.39 is 17.5 Å². The minimum absolute atomic E-state index is 0.0170. The lowest BCUT2D eigenvalue weighted by Crippen LogP contribution is -2.46. The average Bonchev–Trinajstić information content (AvgIpc) is 2.79. The Morgan fingerprint density at radius 2 is 1.88 bits per heavy atom. The van der Waals surface area contributed by atoms with Crippen LogP contribution in [0, 0.1) is 0 Å². The predicted octanol–water partition coefficient (Wildman–Crippen LogP) is 3.74. The van der Waals surface area contributed by atoms with Crippen molar-refractivity contribution in [2.75, 3.05) is 13.2 Å². The summed E-state index contributed by atoms with van der Waals surface area (Å²) >= 11 is 0. The van der Waals surface area contributed by atoms with Crippen molar-refractivity contribution in [1.29, 1.82) is 0 Å². The van der Waals surface area contributed by atoms with Gasteiger partial charge in [0.05, 0.1) is 19.6 Å². The van der Waals surface area contributed by atoms with Crippen LogP contribution in [0.1, 0.15) is 28.8 Å². The topological polar surface area (TPSA) is 75.6 Å². The van der Waals surface area contributed by atoms with E-state index in [4.69, 9.17) is 4.74 Å². The van der Waals surface area contributed by atoms with E-state index in [0.29, 0.717) is 16.9 Å². The average molecular weight is 457 g/mol. The number of benzene rings is 1. The fourth-order valence-corrected chi connectivity index (χ4v) is 3.82. The molecule has 9 heteroatoms. The Balaban J connectivity index is 1.58. The van der Waals surface area contributed by atoms with Gasteiger partial charge in [-0.15, -0.1) is 0 Å². The normalized spacial score (nSPS) is 17.7. The molecule has 0 saturated heterocycles. The number of halogens is 3. The Hall–Kier alpha value is -3.46. The van der Waals surface area contributed by atoms with Crippen LogP contribution in [0.4, 0.5) is 13.2 Å². The van der Waals surface area contributed by atoms with E-state index in [0.717, 1.165) is 17.8 Å². The van der Waals surface area contributed by atoms with Crippen LogP contribution in [-0.2, 0) is 29.5 Å². The number of fused-ring (bicyclic) bond motifs is 1. The fourth-order valence-electron chi connectivity index (χ4n) is 3.82. The van der Waals surface area contributed by atoms with Gasteiger partial charge in [0.1, 0.15) is 17.0 Å². The maximum absolute atomic E-state index is 13.2. The molecule has 1 atom stereocenters. The maximum Gasteiger partial charge on any atom is 0.433 e. The SMILES string of the molecule is O=C(Cc1ccc(C(F)(F)F)nc1)N(Cc1ccccc1)CC1(O)CCOc2ccncc21. The lowest BCUT2D eigenvalue weighted by atomic mass is 9.88. The number of aromatic nitrogens is 2. The number of hydrogen-bond acceptors (Lipinski definition) is 5. The molecule has 0 bridgehead atoms. The Morgan fingerprint density at radius 1 is 1.09 bits per heavy atom. The number of aliphatic hydroxyl groups is 1. The van der Waals surface area contributed by atoms with Gasteiger partial charge in [-0.25, -0.2) is 0 Å².